The fourth-order valence-electron chi connectivity index (χ4n) is 16.4. The quantitative estimate of drug-likeness (QED) is 0.230. The number of esters is 2. The largest absolute Gasteiger partial charge is 0.469 e. The third-order valence-corrected chi connectivity index (χ3v) is 18.6. The van der Waals surface area contributed by atoms with Crippen molar-refractivity contribution in [1.29, 1.82) is 0 Å². The van der Waals surface area contributed by atoms with Crippen LogP contribution >= 0.6 is 0 Å². The maximum absolute atomic E-state index is 15.2. The minimum absolute atomic E-state index is 0.0301. The van der Waals surface area contributed by atoms with Crippen LogP contribution in [0.5, 0.6) is 0 Å². The van der Waals surface area contributed by atoms with E-state index in [4.69, 9.17) is 23.4 Å². The minimum atomic E-state index is -1.43. The zero-order chi connectivity index (χ0) is 40.9. The van der Waals surface area contributed by atoms with Gasteiger partial charge in [0.15, 0.2) is 11.9 Å². The Bertz CT molecular complexity index is 1930. The number of allylic oxidation sites excluding steroid dienone is 1. The molecule has 16 unspecified atom stereocenters. The predicted molar refractivity (Wildman–Crippen MR) is 209 cm³/mol. The molecule has 1 aromatic heterocycles. The lowest BCUT2D eigenvalue weighted by molar-refractivity contribution is -0.275. The number of ether oxygens (including phenoxy) is 4. The van der Waals surface area contributed by atoms with Crippen molar-refractivity contribution in [3.8, 4) is 0 Å². The number of fused-ring (bicyclic) bond motifs is 4. The predicted octanol–water partition coefficient (Wildman–Crippen LogP) is 3.97. The van der Waals surface area contributed by atoms with Gasteiger partial charge in [-0.05, 0) is 107 Å². The normalized spacial score (nSPS) is 48.0. The van der Waals surface area contributed by atoms with Crippen LogP contribution in [-0.2, 0) is 39.8 Å². The first-order valence-electron chi connectivity index (χ1n) is 22.8. The van der Waals surface area contributed by atoms with Crippen molar-refractivity contribution < 1.29 is 53.1 Å². The number of furan rings is 1. The van der Waals surface area contributed by atoms with Gasteiger partial charge < -0.3 is 43.6 Å². The van der Waals surface area contributed by atoms with E-state index in [0.717, 1.165) is 64.6 Å². The number of aliphatic hydroxyl groups is 3. The Morgan fingerprint density at radius 1 is 1.02 bits per heavy atom. The Morgan fingerprint density at radius 2 is 1.83 bits per heavy atom. The van der Waals surface area contributed by atoms with Gasteiger partial charge in [0.2, 0.25) is 0 Å². The number of cyclic esters (lactones) is 2. The maximum atomic E-state index is 15.2. The number of aliphatic hydroxyl groups excluding tert-OH is 3. The highest BCUT2D eigenvalue weighted by atomic mass is 16.7. The standard InChI is InChI=1S/C46H62N2O11/c1-42(2)37-36(52)38(53)45(26-7-5-4-6-8-26)33(44(37)22-56-35(51)19-34(44)58-42)11-14-43(3)39(57-41(54)40-46(43,45)59-40)28-13-16-55-32(28)18-29(31(50)21-49)24-9-10-27-25(17-24)12-15-48-23-47-20-30(27)48/h12-13,15-16,24-27,29-31,33-34,37-40,47,49-50,53H,4-11,14,17-23H2,1-3H3. The van der Waals surface area contributed by atoms with E-state index in [1.54, 1.807) is 6.26 Å². The Kier molecular flexibility index (Phi) is 8.84. The highest BCUT2D eigenvalue weighted by Gasteiger charge is 2.92. The number of carbonyl (C=O) groups excluding carboxylic acids is 3. The summed E-state index contributed by atoms with van der Waals surface area (Å²) in [5.74, 6) is -0.913. The van der Waals surface area contributed by atoms with Crippen LogP contribution in [0.25, 0.3) is 0 Å². The monoisotopic (exact) mass is 818 g/mol. The van der Waals surface area contributed by atoms with E-state index < -0.39 is 69.9 Å². The van der Waals surface area contributed by atoms with Crippen LogP contribution in [0.2, 0.25) is 0 Å². The third kappa shape index (κ3) is 4.97. The number of rotatable bonds is 7. The molecule has 11 rings (SSSR count). The number of ketones is 1. The van der Waals surface area contributed by atoms with Crippen LogP contribution in [0.4, 0.5) is 0 Å². The number of hydrogen-bond donors (Lipinski definition) is 4. The first kappa shape index (κ1) is 39.1. The van der Waals surface area contributed by atoms with Gasteiger partial charge in [-0.3, -0.25) is 14.9 Å². The van der Waals surface area contributed by atoms with Crippen LogP contribution in [0.1, 0.15) is 109 Å². The molecule has 13 nitrogen and oxygen atoms in total. The zero-order valence-electron chi connectivity index (χ0n) is 34.7. The van der Waals surface area contributed by atoms with E-state index in [1.807, 2.05) is 19.9 Å². The molecule has 322 valence electrons. The molecule has 1 aromatic rings. The second kappa shape index (κ2) is 13.3. The SMILES string of the molecule is CC1(C)OC2CC(=O)OCC23C1C(=O)C(O)C1(C2CCCCC2)C3CCC2(C)C(c3ccoc3CC(C(O)CO)C3CCC4C(C=CN5CNCC45)C3)OC(=O)C3OC321. The van der Waals surface area contributed by atoms with Crippen LogP contribution in [0, 0.1) is 57.7 Å². The molecule has 0 aromatic carbocycles. The zero-order valence-corrected chi connectivity index (χ0v) is 34.7. The van der Waals surface area contributed by atoms with Crippen molar-refractivity contribution in [3.05, 3.63) is 35.9 Å². The van der Waals surface area contributed by atoms with Crippen molar-refractivity contribution >= 4 is 17.7 Å². The fourth-order valence-corrected chi connectivity index (χ4v) is 16.4. The number of nitrogens with one attached hydrogen (secondary N) is 1. The third-order valence-electron chi connectivity index (χ3n) is 18.6. The summed E-state index contributed by atoms with van der Waals surface area (Å²) in [7, 11) is 0. The maximum Gasteiger partial charge on any atom is 0.339 e. The molecular formula is C46H62N2O11. The van der Waals surface area contributed by atoms with Gasteiger partial charge in [0, 0.05) is 40.8 Å². The van der Waals surface area contributed by atoms with Gasteiger partial charge in [0.1, 0.15) is 30.2 Å². The number of Topliss-reactive ketones (excluding diaryl/α,β-unsaturated/α-hetero) is 1. The van der Waals surface area contributed by atoms with Gasteiger partial charge in [-0.1, -0.05) is 32.3 Å². The van der Waals surface area contributed by atoms with Gasteiger partial charge in [-0.25, -0.2) is 4.79 Å². The lowest BCUT2D eigenvalue weighted by atomic mass is 9.33. The lowest BCUT2D eigenvalue weighted by Crippen LogP contribution is -2.79. The molecule has 9 fully saturated rings. The molecule has 4 N–H and O–H groups in total. The first-order valence-corrected chi connectivity index (χ1v) is 22.8. The number of hydrogen-bond acceptors (Lipinski definition) is 13. The van der Waals surface area contributed by atoms with Gasteiger partial charge in [0.05, 0.1) is 49.7 Å². The average molecular weight is 819 g/mol. The smallest absolute Gasteiger partial charge is 0.339 e. The highest BCUT2D eigenvalue weighted by Crippen LogP contribution is 2.82. The summed E-state index contributed by atoms with van der Waals surface area (Å²) in [6, 6.07) is 2.36. The molecule has 10 aliphatic rings. The van der Waals surface area contributed by atoms with Crippen molar-refractivity contribution in [3.63, 3.8) is 0 Å². The Balaban J connectivity index is 0.984. The minimum Gasteiger partial charge on any atom is -0.469 e. The first-order chi connectivity index (χ1) is 28.3. The number of epoxide rings is 1. The summed E-state index contributed by atoms with van der Waals surface area (Å²) in [5, 5.41) is 38.5. The van der Waals surface area contributed by atoms with E-state index in [9.17, 15) is 24.9 Å². The molecule has 0 radical (unpaired) electrons. The van der Waals surface area contributed by atoms with Gasteiger partial charge in [0.25, 0.3) is 0 Å². The molecule has 16 atom stereocenters. The van der Waals surface area contributed by atoms with Crippen LogP contribution in [0.3, 0.4) is 0 Å². The van der Waals surface area contributed by atoms with Gasteiger partial charge in [-0.2, -0.15) is 0 Å². The van der Waals surface area contributed by atoms with Gasteiger partial charge >= 0.3 is 11.9 Å². The van der Waals surface area contributed by atoms with Crippen LogP contribution < -0.4 is 5.32 Å². The molecule has 2 spiro atoms. The van der Waals surface area contributed by atoms with E-state index in [1.165, 1.54) is 0 Å². The molecule has 0 bridgehead atoms. The van der Waals surface area contributed by atoms with Gasteiger partial charge in [-0.15, -0.1) is 0 Å². The fraction of sp³-hybridized carbons (Fsp3) is 0.804. The summed E-state index contributed by atoms with van der Waals surface area (Å²) < 4.78 is 32.5. The van der Waals surface area contributed by atoms with Crippen LogP contribution in [0.15, 0.2) is 29.0 Å². The molecule has 13 heteroatoms. The summed E-state index contributed by atoms with van der Waals surface area (Å²) in [6.45, 7) is 7.43. The Hall–Kier alpha value is -2.81. The number of carbonyl (C=O) groups is 3. The molecule has 6 aliphatic heterocycles. The Morgan fingerprint density at radius 3 is 2.63 bits per heavy atom. The summed E-state index contributed by atoms with van der Waals surface area (Å²) in [4.78, 5) is 45.1. The molecular weight excluding hydrogens is 757 g/mol. The van der Waals surface area contributed by atoms with Crippen molar-refractivity contribution in [2.45, 2.75) is 146 Å². The second-order valence-electron chi connectivity index (χ2n) is 21.1. The molecule has 0 amide bonds. The topological polar surface area (TPSA) is 181 Å². The molecule has 4 saturated carbocycles. The van der Waals surface area contributed by atoms with Crippen LogP contribution in [-0.4, -0.2) is 106 Å². The summed E-state index contributed by atoms with van der Waals surface area (Å²) >= 11 is 0. The average Bonchev–Trinajstić information content (AvgIpc) is 3.47. The van der Waals surface area contributed by atoms with Crippen molar-refractivity contribution in [2.24, 2.45) is 57.7 Å². The van der Waals surface area contributed by atoms with E-state index in [-0.39, 0.29) is 55.1 Å². The van der Waals surface area contributed by atoms with Crippen molar-refractivity contribution in [1.82, 2.24) is 10.2 Å². The second-order valence-corrected chi connectivity index (χ2v) is 21.1. The summed E-state index contributed by atoms with van der Waals surface area (Å²) in [6.07, 6.45) is 10.4. The highest BCUT2D eigenvalue weighted by molar-refractivity contribution is 5.92. The lowest BCUT2D eigenvalue weighted by Gasteiger charge is -2.70. The molecule has 7 heterocycles. The van der Waals surface area contributed by atoms with E-state index >= 15 is 4.79 Å². The van der Waals surface area contributed by atoms with Crippen molar-refractivity contribution in [2.75, 3.05) is 26.4 Å². The molecule has 5 saturated heterocycles. The molecule has 4 aliphatic carbocycles. The number of nitrogens with zero attached hydrogens (tertiary/aromatic N) is 1. The summed E-state index contributed by atoms with van der Waals surface area (Å²) in [5.41, 5.74) is -4.40. The Labute approximate surface area is 345 Å². The molecule has 59 heavy (non-hydrogen) atoms. The van der Waals surface area contributed by atoms with E-state index in [2.05, 4.69) is 29.4 Å². The van der Waals surface area contributed by atoms with E-state index in [0.29, 0.717) is 48.5 Å².